The Hall–Kier alpha value is -1.95. The lowest BCUT2D eigenvalue weighted by atomic mass is 9.82. The monoisotopic (exact) mass is 426 g/mol. The average molecular weight is 427 g/mol. The fourth-order valence-corrected chi connectivity index (χ4v) is 4.26. The van der Waals surface area contributed by atoms with E-state index in [0.29, 0.717) is 45.0 Å². The minimum Gasteiger partial charge on any atom is -0.497 e. The molecule has 2 aromatic carbocycles. The maximum absolute atomic E-state index is 14.8. The summed E-state index contributed by atoms with van der Waals surface area (Å²) in [4.78, 5) is 0. The quantitative estimate of drug-likeness (QED) is 0.446. The molecular weight excluding hydrogens is 395 g/mol. The van der Waals surface area contributed by atoms with Gasteiger partial charge in [-0.15, -0.1) is 0 Å². The summed E-state index contributed by atoms with van der Waals surface area (Å²) < 4.78 is 26.4. The van der Waals surface area contributed by atoms with Crippen molar-refractivity contribution in [2.75, 3.05) is 7.11 Å². The molecule has 1 N–H and O–H groups in total. The first kappa shape index (κ1) is 22.7. The van der Waals surface area contributed by atoms with Crippen LogP contribution in [0.15, 0.2) is 48.6 Å². The molecule has 160 valence electrons. The van der Waals surface area contributed by atoms with Crippen LogP contribution in [-0.2, 0) is 15.6 Å². The maximum Gasteiger partial charge on any atom is 0.236 e. The van der Waals surface area contributed by atoms with E-state index in [9.17, 15) is 9.50 Å². The summed E-state index contributed by atoms with van der Waals surface area (Å²) in [5.41, 5.74) is 1.17. The molecule has 2 radical (unpaired) electrons. The predicted molar refractivity (Wildman–Crippen MR) is 120 cm³/mol. The lowest BCUT2D eigenvalue weighted by Gasteiger charge is -2.32. The van der Waals surface area contributed by atoms with Crippen molar-refractivity contribution in [1.29, 1.82) is 0 Å². The smallest absolute Gasteiger partial charge is 0.236 e. The molecule has 1 aliphatic rings. The van der Waals surface area contributed by atoms with Crippen molar-refractivity contribution < 1.29 is 18.7 Å². The van der Waals surface area contributed by atoms with Gasteiger partial charge in [0.15, 0.2) is 0 Å². The number of benzene rings is 2. The van der Waals surface area contributed by atoms with Crippen molar-refractivity contribution in [2.24, 2.45) is 0 Å². The molecule has 5 heteroatoms. The summed E-state index contributed by atoms with van der Waals surface area (Å²) in [5.74, 6) is 0.233. The number of hydrogen-bond donors (Lipinski definition) is 1. The number of methoxy groups -OCH3 is 1. The SMILES string of the molecule is COc1ccc(F)c(-c2ccc(C(C)(C)O[Si]C(C)(C)C)cc2C2(O)CC=CC2)c1. The van der Waals surface area contributed by atoms with Crippen molar-refractivity contribution in [3.63, 3.8) is 0 Å². The van der Waals surface area contributed by atoms with Crippen LogP contribution >= 0.6 is 0 Å². The molecule has 0 saturated heterocycles. The van der Waals surface area contributed by atoms with Crippen LogP contribution < -0.4 is 4.74 Å². The Morgan fingerprint density at radius 1 is 0.967 bits per heavy atom. The summed E-state index contributed by atoms with van der Waals surface area (Å²) in [7, 11) is 1.89. The number of ether oxygens (including phenoxy) is 1. The van der Waals surface area contributed by atoms with Crippen molar-refractivity contribution >= 4 is 9.76 Å². The fourth-order valence-electron chi connectivity index (χ4n) is 3.58. The lowest BCUT2D eigenvalue weighted by Crippen LogP contribution is -2.29. The Labute approximate surface area is 181 Å². The molecule has 0 spiro atoms. The van der Waals surface area contributed by atoms with Crippen molar-refractivity contribution in [2.45, 2.75) is 63.7 Å². The van der Waals surface area contributed by atoms with E-state index >= 15 is 0 Å². The van der Waals surface area contributed by atoms with Crippen LogP contribution in [0.2, 0.25) is 5.04 Å². The summed E-state index contributed by atoms with van der Waals surface area (Å²) in [5, 5.41) is 11.5. The van der Waals surface area contributed by atoms with E-state index in [1.807, 2.05) is 44.2 Å². The Morgan fingerprint density at radius 2 is 1.63 bits per heavy atom. The van der Waals surface area contributed by atoms with Gasteiger partial charge < -0.3 is 14.3 Å². The highest BCUT2D eigenvalue weighted by atomic mass is 28.2. The molecule has 3 nitrogen and oxygen atoms in total. The summed E-state index contributed by atoms with van der Waals surface area (Å²) in [6.07, 6.45) is 4.95. The summed E-state index contributed by atoms with van der Waals surface area (Å²) in [6.45, 7) is 10.5. The Bertz CT molecular complexity index is 936. The third kappa shape index (κ3) is 4.85. The van der Waals surface area contributed by atoms with E-state index in [0.717, 1.165) is 5.56 Å². The van der Waals surface area contributed by atoms with Gasteiger partial charge in [0.1, 0.15) is 11.6 Å². The van der Waals surface area contributed by atoms with Gasteiger partial charge in [-0.25, -0.2) is 4.39 Å². The zero-order chi connectivity index (χ0) is 22.2. The van der Waals surface area contributed by atoms with Crippen LogP contribution in [0.5, 0.6) is 5.75 Å². The van der Waals surface area contributed by atoms with Crippen LogP contribution in [-0.4, -0.2) is 22.0 Å². The minimum absolute atomic E-state index is 0.0668. The van der Waals surface area contributed by atoms with Crippen molar-refractivity contribution in [3.05, 3.63) is 65.5 Å². The second kappa shape index (κ2) is 8.29. The van der Waals surface area contributed by atoms with E-state index in [1.54, 1.807) is 19.2 Å². The van der Waals surface area contributed by atoms with Gasteiger partial charge in [0.2, 0.25) is 9.76 Å². The number of rotatable bonds is 6. The van der Waals surface area contributed by atoms with Crippen LogP contribution in [0.3, 0.4) is 0 Å². The standard InChI is InChI=1S/C25H31FO3Si/c1-23(2,3)30-29-24(4,5)17-9-11-19(20-16-18(28-6)10-12-22(20)26)21(15-17)25(27)13-7-8-14-25/h7-12,15-16,27H,13-14H2,1-6H3. The highest BCUT2D eigenvalue weighted by Gasteiger charge is 2.35. The molecule has 0 aromatic heterocycles. The van der Waals surface area contributed by atoms with Crippen molar-refractivity contribution in [1.82, 2.24) is 0 Å². The first-order valence-corrected chi connectivity index (χ1v) is 11.2. The third-order valence-corrected chi connectivity index (χ3v) is 6.59. The molecule has 0 aliphatic heterocycles. The number of aliphatic hydroxyl groups is 1. The fraction of sp³-hybridized carbons (Fsp3) is 0.440. The van der Waals surface area contributed by atoms with Gasteiger partial charge in [-0.05, 0) is 72.7 Å². The zero-order valence-corrected chi connectivity index (χ0v) is 19.7. The average Bonchev–Trinajstić information content (AvgIpc) is 3.14. The molecule has 30 heavy (non-hydrogen) atoms. The predicted octanol–water partition coefficient (Wildman–Crippen LogP) is 6.13. The second-order valence-corrected chi connectivity index (χ2v) is 11.4. The number of hydrogen-bond acceptors (Lipinski definition) is 3. The van der Waals surface area contributed by atoms with E-state index in [-0.39, 0.29) is 10.9 Å². The Morgan fingerprint density at radius 3 is 2.23 bits per heavy atom. The van der Waals surface area contributed by atoms with Gasteiger partial charge >= 0.3 is 0 Å². The largest absolute Gasteiger partial charge is 0.497 e. The minimum atomic E-state index is -1.07. The van der Waals surface area contributed by atoms with Crippen LogP contribution in [0.4, 0.5) is 4.39 Å². The van der Waals surface area contributed by atoms with Gasteiger partial charge in [-0.2, -0.15) is 0 Å². The molecule has 0 fully saturated rings. The highest BCUT2D eigenvalue weighted by molar-refractivity contribution is 6.31. The molecule has 0 bridgehead atoms. The van der Waals surface area contributed by atoms with E-state index in [1.165, 1.54) is 6.07 Å². The lowest BCUT2D eigenvalue weighted by molar-refractivity contribution is 0.0507. The third-order valence-electron chi connectivity index (χ3n) is 5.37. The molecular formula is C25H31FO3Si. The first-order chi connectivity index (χ1) is 14.0. The molecule has 2 aromatic rings. The normalized spacial score (nSPS) is 16.1. The topological polar surface area (TPSA) is 38.7 Å². The van der Waals surface area contributed by atoms with Gasteiger partial charge in [-0.3, -0.25) is 0 Å². The molecule has 0 atom stereocenters. The number of halogens is 1. The highest BCUT2D eigenvalue weighted by Crippen LogP contribution is 2.43. The van der Waals surface area contributed by atoms with Gasteiger partial charge in [0, 0.05) is 5.56 Å². The Balaban J connectivity index is 2.11. The van der Waals surface area contributed by atoms with Gasteiger partial charge in [0.25, 0.3) is 0 Å². The molecule has 0 unspecified atom stereocenters. The maximum atomic E-state index is 14.8. The van der Waals surface area contributed by atoms with E-state index in [2.05, 4.69) is 20.8 Å². The first-order valence-electron chi connectivity index (χ1n) is 10.3. The summed E-state index contributed by atoms with van der Waals surface area (Å²) in [6, 6.07) is 10.5. The summed E-state index contributed by atoms with van der Waals surface area (Å²) >= 11 is 0. The molecule has 0 amide bonds. The van der Waals surface area contributed by atoms with Crippen LogP contribution in [0.1, 0.15) is 58.6 Å². The van der Waals surface area contributed by atoms with Crippen LogP contribution in [0.25, 0.3) is 11.1 Å². The van der Waals surface area contributed by atoms with E-state index < -0.39 is 11.2 Å². The van der Waals surface area contributed by atoms with E-state index in [4.69, 9.17) is 9.16 Å². The molecule has 1 aliphatic carbocycles. The molecule has 3 rings (SSSR count). The molecule has 0 saturated carbocycles. The van der Waals surface area contributed by atoms with Crippen molar-refractivity contribution in [3.8, 4) is 16.9 Å². The second-order valence-electron chi connectivity index (χ2n) is 9.48. The molecule has 0 heterocycles. The zero-order valence-electron chi connectivity index (χ0n) is 18.7. The van der Waals surface area contributed by atoms with Gasteiger partial charge in [0.05, 0.1) is 18.3 Å². The van der Waals surface area contributed by atoms with Crippen LogP contribution in [0, 0.1) is 5.82 Å². The van der Waals surface area contributed by atoms with Gasteiger partial charge in [-0.1, -0.05) is 45.1 Å². The Kier molecular flexibility index (Phi) is 6.28.